The van der Waals surface area contributed by atoms with Crippen molar-refractivity contribution in [2.24, 2.45) is 0 Å². The molecule has 1 N–H and O–H groups in total. The second-order valence-electron chi connectivity index (χ2n) is 8.29. The Morgan fingerprint density at radius 1 is 0.968 bits per heavy atom. The summed E-state index contributed by atoms with van der Waals surface area (Å²) in [5.41, 5.74) is 7.45. The Hall–Kier alpha value is -2.89. The molecule has 162 valence electrons. The van der Waals surface area contributed by atoms with Gasteiger partial charge in [0, 0.05) is 43.3 Å². The van der Waals surface area contributed by atoms with Crippen LogP contribution in [0.4, 0.5) is 0 Å². The maximum absolute atomic E-state index is 12.9. The van der Waals surface area contributed by atoms with E-state index in [4.69, 9.17) is 4.74 Å². The first-order valence-corrected chi connectivity index (χ1v) is 10.9. The van der Waals surface area contributed by atoms with E-state index in [0.29, 0.717) is 6.54 Å². The van der Waals surface area contributed by atoms with Crippen LogP contribution in [0, 0.1) is 20.8 Å². The van der Waals surface area contributed by atoms with Crippen LogP contribution in [0.5, 0.6) is 0 Å². The summed E-state index contributed by atoms with van der Waals surface area (Å²) >= 11 is 0. The number of benzene rings is 2. The second kappa shape index (κ2) is 9.50. The summed E-state index contributed by atoms with van der Waals surface area (Å²) in [6, 6.07) is 18.7. The van der Waals surface area contributed by atoms with E-state index < -0.39 is 0 Å². The van der Waals surface area contributed by atoms with Crippen LogP contribution >= 0.6 is 0 Å². The number of carbonyl (C=O) groups excluding carboxylic acids is 1. The highest BCUT2D eigenvalue weighted by atomic mass is 16.5. The Morgan fingerprint density at radius 3 is 2.35 bits per heavy atom. The van der Waals surface area contributed by atoms with Crippen LogP contribution < -0.4 is 5.32 Å². The number of nitrogens with one attached hydrogen (secondary N) is 1. The van der Waals surface area contributed by atoms with E-state index in [0.717, 1.165) is 61.1 Å². The molecular weight excluding hydrogens is 386 g/mol. The number of aromatic nitrogens is 1. The molecule has 0 aliphatic carbocycles. The fraction of sp³-hybridized carbons (Fsp3) is 0.346. The third kappa shape index (κ3) is 4.89. The summed E-state index contributed by atoms with van der Waals surface area (Å²) in [6.07, 6.45) is 0. The van der Waals surface area contributed by atoms with Gasteiger partial charge in [-0.05, 0) is 49.6 Å². The Balaban J connectivity index is 1.40. The largest absolute Gasteiger partial charge is 0.379 e. The lowest BCUT2D eigenvalue weighted by Gasteiger charge is -2.26. The van der Waals surface area contributed by atoms with Gasteiger partial charge in [0.1, 0.15) is 0 Å². The fourth-order valence-electron chi connectivity index (χ4n) is 4.24. The highest BCUT2D eigenvalue weighted by Crippen LogP contribution is 2.23. The number of aryl methyl sites for hydroxylation is 2. The molecule has 5 heteroatoms. The van der Waals surface area contributed by atoms with Gasteiger partial charge < -0.3 is 14.6 Å². The van der Waals surface area contributed by atoms with Crippen molar-refractivity contribution in [3.8, 4) is 5.69 Å². The molecule has 0 saturated carbocycles. The lowest BCUT2D eigenvalue weighted by Crippen LogP contribution is -2.35. The number of rotatable bonds is 6. The number of morpholine rings is 1. The first-order valence-electron chi connectivity index (χ1n) is 10.9. The minimum Gasteiger partial charge on any atom is -0.379 e. The summed E-state index contributed by atoms with van der Waals surface area (Å²) in [7, 11) is 0. The monoisotopic (exact) mass is 417 g/mol. The summed E-state index contributed by atoms with van der Waals surface area (Å²) in [5.74, 6) is -0.0367. The third-order valence-electron chi connectivity index (χ3n) is 6.02. The standard InChI is InChI=1S/C26H31N3O2/c1-19-6-4-5-7-25(19)29-20(2)16-24(21(29)3)26(30)27-17-22-8-10-23(11-9-22)18-28-12-14-31-15-13-28/h4-11,16H,12-15,17-18H2,1-3H3,(H,27,30). The minimum atomic E-state index is -0.0367. The van der Waals surface area contributed by atoms with Crippen LogP contribution in [0.3, 0.4) is 0 Å². The first-order chi connectivity index (χ1) is 15.0. The molecule has 2 aromatic carbocycles. The summed E-state index contributed by atoms with van der Waals surface area (Å²) in [5, 5.41) is 3.08. The van der Waals surface area contributed by atoms with Crippen molar-refractivity contribution in [2.45, 2.75) is 33.9 Å². The molecular formula is C26H31N3O2. The van der Waals surface area contributed by atoms with Crippen molar-refractivity contribution in [1.82, 2.24) is 14.8 Å². The molecule has 2 heterocycles. The van der Waals surface area contributed by atoms with Gasteiger partial charge in [-0.15, -0.1) is 0 Å². The van der Waals surface area contributed by atoms with Gasteiger partial charge in [-0.3, -0.25) is 9.69 Å². The molecule has 1 aliphatic rings. The molecule has 1 amide bonds. The molecule has 0 unspecified atom stereocenters. The van der Waals surface area contributed by atoms with Gasteiger partial charge in [0.05, 0.1) is 18.8 Å². The van der Waals surface area contributed by atoms with E-state index in [-0.39, 0.29) is 5.91 Å². The van der Waals surface area contributed by atoms with Crippen LogP contribution in [-0.2, 0) is 17.8 Å². The zero-order valence-corrected chi connectivity index (χ0v) is 18.6. The van der Waals surface area contributed by atoms with Crippen molar-refractivity contribution < 1.29 is 9.53 Å². The van der Waals surface area contributed by atoms with Gasteiger partial charge in [-0.1, -0.05) is 42.5 Å². The van der Waals surface area contributed by atoms with Gasteiger partial charge in [0.15, 0.2) is 0 Å². The highest BCUT2D eigenvalue weighted by Gasteiger charge is 2.17. The Kier molecular flexibility index (Phi) is 6.54. The lowest BCUT2D eigenvalue weighted by molar-refractivity contribution is 0.0342. The van der Waals surface area contributed by atoms with Crippen molar-refractivity contribution in [3.05, 3.63) is 88.2 Å². The van der Waals surface area contributed by atoms with Crippen molar-refractivity contribution in [3.63, 3.8) is 0 Å². The average Bonchev–Trinajstić information content (AvgIpc) is 3.08. The molecule has 0 atom stereocenters. The lowest BCUT2D eigenvalue weighted by atomic mass is 10.1. The van der Waals surface area contributed by atoms with E-state index in [1.165, 1.54) is 11.1 Å². The van der Waals surface area contributed by atoms with E-state index in [1.54, 1.807) is 0 Å². The maximum atomic E-state index is 12.9. The van der Waals surface area contributed by atoms with Crippen LogP contribution in [0.2, 0.25) is 0 Å². The molecule has 5 nitrogen and oxygen atoms in total. The Bertz CT molecular complexity index is 1050. The quantitative estimate of drug-likeness (QED) is 0.655. The van der Waals surface area contributed by atoms with Gasteiger partial charge in [0.2, 0.25) is 0 Å². The molecule has 0 bridgehead atoms. The Labute approximate surface area is 184 Å². The second-order valence-corrected chi connectivity index (χ2v) is 8.29. The summed E-state index contributed by atoms with van der Waals surface area (Å²) in [4.78, 5) is 15.3. The summed E-state index contributed by atoms with van der Waals surface area (Å²) < 4.78 is 7.57. The predicted octanol–water partition coefficient (Wildman–Crippen LogP) is 4.16. The zero-order chi connectivity index (χ0) is 21.8. The van der Waals surface area contributed by atoms with Crippen molar-refractivity contribution in [1.29, 1.82) is 0 Å². The van der Waals surface area contributed by atoms with Gasteiger partial charge in [-0.2, -0.15) is 0 Å². The number of hydrogen-bond acceptors (Lipinski definition) is 3. The van der Waals surface area contributed by atoms with Crippen molar-refractivity contribution in [2.75, 3.05) is 26.3 Å². The number of hydrogen-bond donors (Lipinski definition) is 1. The number of ether oxygens (including phenoxy) is 1. The molecule has 4 rings (SSSR count). The molecule has 0 spiro atoms. The number of para-hydroxylation sites is 1. The van der Waals surface area contributed by atoms with E-state index in [1.807, 2.05) is 32.0 Å². The molecule has 1 fully saturated rings. The van der Waals surface area contributed by atoms with E-state index >= 15 is 0 Å². The van der Waals surface area contributed by atoms with E-state index in [9.17, 15) is 4.79 Å². The average molecular weight is 418 g/mol. The smallest absolute Gasteiger partial charge is 0.253 e. The molecule has 31 heavy (non-hydrogen) atoms. The fourth-order valence-corrected chi connectivity index (χ4v) is 4.24. The molecule has 1 aliphatic heterocycles. The Morgan fingerprint density at radius 2 is 1.65 bits per heavy atom. The number of amides is 1. The van der Waals surface area contributed by atoms with Crippen LogP contribution in [0.1, 0.15) is 38.4 Å². The normalized spacial score (nSPS) is 14.5. The van der Waals surface area contributed by atoms with Gasteiger partial charge in [0.25, 0.3) is 5.91 Å². The topological polar surface area (TPSA) is 46.5 Å². The third-order valence-corrected chi connectivity index (χ3v) is 6.02. The molecule has 1 aromatic heterocycles. The van der Waals surface area contributed by atoms with Crippen LogP contribution in [0.15, 0.2) is 54.6 Å². The summed E-state index contributed by atoms with van der Waals surface area (Å²) in [6.45, 7) is 11.2. The van der Waals surface area contributed by atoms with Crippen LogP contribution in [0.25, 0.3) is 5.69 Å². The SMILES string of the molecule is Cc1ccccc1-n1c(C)cc(C(=O)NCc2ccc(CN3CCOCC3)cc2)c1C. The molecule has 0 radical (unpaired) electrons. The first kappa shape index (κ1) is 21.3. The molecule has 3 aromatic rings. The highest BCUT2D eigenvalue weighted by molar-refractivity contribution is 5.95. The molecule has 1 saturated heterocycles. The van der Waals surface area contributed by atoms with Crippen molar-refractivity contribution >= 4 is 5.91 Å². The zero-order valence-electron chi connectivity index (χ0n) is 18.6. The van der Waals surface area contributed by atoms with E-state index in [2.05, 4.69) is 58.1 Å². The number of carbonyl (C=O) groups is 1. The van der Waals surface area contributed by atoms with Crippen LogP contribution in [-0.4, -0.2) is 41.7 Å². The predicted molar refractivity (Wildman–Crippen MR) is 124 cm³/mol. The maximum Gasteiger partial charge on any atom is 0.253 e. The minimum absolute atomic E-state index is 0.0367. The van der Waals surface area contributed by atoms with Gasteiger partial charge in [-0.25, -0.2) is 0 Å². The van der Waals surface area contributed by atoms with Gasteiger partial charge >= 0.3 is 0 Å². The number of nitrogens with zero attached hydrogens (tertiary/aromatic N) is 2.